The van der Waals surface area contributed by atoms with Crippen LogP contribution in [0.5, 0.6) is 0 Å². The minimum Gasteiger partial charge on any atom is -0.354 e. The Balaban J connectivity index is 0.00000242. The van der Waals surface area contributed by atoms with Gasteiger partial charge in [-0.05, 0) is 30.7 Å². The summed E-state index contributed by atoms with van der Waals surface area (Å²) in [7, 11) is 0. The Bertz CT molecular complexity index is 416. The predicted octanol–water partition coefficient (Wildman–Crippen LogP) is 3.45. The first-order valence-corrected chi connectivity index (χ1v) is 8.33. The summed E-state index contributed by atoms with van der Waals surface area (Å²) in [6.45, 7) is 0.793. The Hall–Kier alpha value is -1.06. The van der Waals surface area contributed by atoms with E-state index >= 15 is 0 Å². The first-order valence-electron chi connectivity index (χ1n) is 8.33. The largest absolute Gasteiger partial charge is 0.354 e. The van der Waals surface area contributed by atoms with E-state index in [0.29, 0.717) is 12.3 Å². The molecular formula is C18H29ClN2O. The Morgan fingerprint density at radius 1 is 1.09 bits per heavy atom. The molecule has 124 valence electrons. The number of carbonyl (C=O) groups excluding carboxylic acids is 1. The molecule has 1 amide bonds. The fraction of sp³-hybridized carbons (Fsp3) is 0.611. The topological polar surface area (TPSA) is 55.1 Å². The SMILES string of the molecule is Cl.N[C@@H](Cc1ccccc1)C(=O)NCC1CCCCCCC1. The lowest BCUT2D eigenvalue weighted by molar-refractivity contribution is -0.122. The second-order valence-electron chi connectivity index (χ2n) is 6.25. The van der Waals surface area contributed by atoms with E-state index in [0.717, 1.165) is 12.1 Å². The molecule has 0 saturated heterocycles. The third-order valence-electron chi connectivity index (χ3n) is 4.42. The second kappa shape index (κ2) is 10.6. The van der Waals surface area contributed by atoms with Crippen LogP contribution in [0.3, 0.4) is 0 Å². The van der Waals surface area contributed by atoms with Crippen molar-refractivity contribution in [2.75, 3.05) is 6.54 Å². The van der Waals surface area contributed by atoms with E-state index in [1.807, 2.05) is 30.3 Å². The lowest BCUT2D eigenvalue weighted by Crippen LogP contribution is -2.43. The van der Waals surface area contributed by atoms with Crippen LogP contribution in [0.1, 0.15) is 50.5 Å². The van der Waals surface area contributed by atoms with Gasteiger partial charge in [0.25, 0.3) is 0 Å². The van der Waals surface area contributed by atoms with E-state index in [1.165, 1.54) is 44.9 Å². The fourth-order valence-corrected chi connectivity index (χ4v) is 3.08. The standard InChI is InChI=1S/C18H28N2O.ClH/c19-17(13-15-9-7-4-8-10-15)18(21)20-14-16-11-5-2-1-3-6-12-16;/h4,7-10,16-17H,1-3,5-6,11-14,19H2,(H,20,21);1H/t17-;/m0./s1. The van der Waals surface area contributed by atoms with E-state index < -0.39 is 6.04 Å². The predicted molar refractivity (Wildman–Crippen MR) is 94.2 cm³/mol. The van der Waals surface area contributed by atoms with Gasteiger partial charge in [0.15, 0.2) is 0 Å². The maximum absolute atomic E-state index is 12.1. The molecule has 4 heteroatoms. The summed E-state index contributed by atoms with van der Waals surface area (Å²) in [5.41, 5.74) is 7.13. The zero-order valence-electron chi connectivity index (χ0n) is 13.3. The maximum Gasteiger partial charge on any atom is 0.237 e. The molecule has 0 unspecified atom stereocenters. The number of halogens is 1. The molecule has 0 aromatic heterocycles. The average molecular weight is 325 g/mol. The van der Waals surface area contributed by atoms with Crippen molar-refractivity contribution < 1.29 is 4.79 Å². The van der Waals surface area contributed by atoms with Gasteiger partial charge in [0.1, 0.15) is 0 Å². The lowest BCUT2D eigenvalue weighted by atomic mass is 9.91. The molecule has 0 aliphatic heterocycles. The van der Waals surface area contributed by atoms with Crippen molar-refractivity contribution in [2.24, 2.45) is 11.7 Å². The van der Waals surface area contributed by atoms with E-state index in [1.54, 1.807) is 0 Å². The number of hydrogen-bond acceptors (Lipinski definition) is 2. The van der Waals surface area contributed by atoms with Gasteiger partial charge in [-0.3, -0.25) is 4.79 Å². The molecule has 0 spiro atoms. The number of carbonyl (C=O) groups is 1. The molecule has 2 rings (SSSR count). The normalized spacial score (nSPS) is 17.7. The van der Waals surface area contributed by atoms with Gasteiger partial charge >= 0.3 is 0 Å². The highest BCUT2D eigenvalue weighted by Gasteiger charge is 2.16. The van der Waals surface area contributed by atoms with Crippen LogP contribution in [-0.2, 0) is 11.2 Å². The Morgan fingerprint density at radius 2 is 1.68 bits per heavy atom. The minimum absolute atomic E-state index is 0. The Kier molecular flexibility index (Phi) is 9.17. The van der Waals surface area contributed by atoms with Gasteiger partial charge in [-0.25, -0.2) is 0 Å². The van der Waals surface area contributed by atoms with Gasteiger partial charge < -0.3 is 11.1 Å². The molecule has 1 fully saturated rings. The van der Waals surface area contributed by atoms with Crippen LogP contribution >= 0.6 is 12.4 Å². The van der Waals surface area contributed by atoms with Gasteiger partial charge in [-0.15, -0.1) is 12.4 Å². The van der Waals surface area contributed by atoms with E-state index in [-0.39, 0.29) is 18.3 Å². The number of amides is 1. The van der Waals surface area contributed by atoms with Gasteiger partial charge in [0.05, 0.1) is 6.04 Å². The highest BCUT2D eigenvalue weighted by atomic mass is 35.5. The Morgan fingerprint density at radius 3 is 2.32 bits per heavy atom. The van der Waals surface area contributed by atoms with Crippen molar-refractivity contribution in [3.63, 3.8) is 0 Å². The van der Waals surface area contributed by atoms with Crippen molar-refractivity contribution in [1.82, 2.24) is 5.32 Å². The molecule has 1 aliphatic carbocycles. The molecule has 3 N–H and O–H groups in total. The second-order valence-corrected chi connectivity index (χ2v) is 6.25. The Labute approximate surface area is 140 Å². The van der Waals surface area contributed by atoms with Crippen LogP contribution in [0.25, 0.3) is 0 Å². The van der Waals surface area contributed by atoms with E-state index in [4.69, 9.17) is 5.73 Å². The summed E-state index contributed by atoms with van der Waals surface area (Å²) in [4.78, 5) is 12.1. The minimum atomic E-state index is -0.444. The average Bonchev–Trinajstić information content (AvgIpc) is 2.47. The van der Waals surface area contributed by atoms with Gasteiger partial charge in [-0.1, -0.05) is 62.4 Å². The molecule has 1 aromatic rings. The van der Waals surface area contributed by atoms with Crippen molar-refractivity contribution in [2.45, 2.75) is 57.4 Å². The summed E-state index contributed by atoms with van der Waals surface area (Å²) in [5, 5.41) is 3.06. The van der Waals surface area contributed by atoms with Crippen molar-refractivity contribution in [3.8, 4) is 0 Å². The number of nitrogens with two attached hydrogens (primary N) is 1. The van der Waals surface area contributed by atoms with E-state index in [9.17, 15) is 4.79 Å². The molecule has 0 heterocycles. The zero-order chi connectivity index (χ0) is 14.9. The van der Waals surface area contributed by atoms with Gasteiger partial charge in [-0.2, -0.15) is 0 Å². The van der Waals surface area contributed by atoms with Crippen molar-refractivity contribution in [1.29, 1.82) is 0 Å². The summed E-state index contributed by atoms with van der Waals surface area (Å²) in [6.07, 6.45) is 9.77. The molecule has 1 aliphatic rings. The maximum atomic E-state index is 12.1. The number of benzene rings is 1. The summed E-state index contributed by atoms with van der Waals surface area (Å²) < 4.78 is 0. The molecule has 1 saturated carbocycles. The van der Waals surface area contributed by atoms with Crippen LogP contribution in [-0.4, -0.2) is 18.5 Å². The van der Waals surface area contributed by atoms with Crippen LogP contribution in [0.2, 0.25) is 0 Å². The molecule has 3 nitrogen and oxygen atoms in total. The molecular weight excluding hydrogens is 296 g/mol. The number of hydrogen-bond donors (Lipinski definition) is 2. The molecule has 1 aromatic carbocycles. The first kappa shape index (κ1) is 19.0. The third kappa shape index (κ3) is 6.80. The zero-order valence-corrected chi connectivity index (χ0v) is 14.1. The fourth-order valence-electron chi connectivity index (χ4n) is 3.08. The smallest absolute Gasteiger partial charge is 0.237 e. The van der Waals surface area contributed by atoms with Crippen LogP contribution in [0.15, 0.2) is 30.3 Å². The monoisotopic (exact) mass is 324 g/mol. The van der Waals surface area contributed by atoms with Crippen LogP contribution in [0.4, 0.5) is 0 Å². The molecule has 1 atom stereocenters. The first-order chi connectivity index (χ1) is 10.3. The van der Waals surface area contributed by atoms with Crippen LogP contribution in [0, 0.1) is 5.92 Å². The van der Waals surface area contributed by atoms with Crippen LogP contribution < -0.4 is 11.1 Å². The summed E-state index contributed by atoms with van der Waals surface area (Å²) >= 11 is 0. The third-order valence-corrected chi connectivity index (χ3v) is 4.42. The van der Waals surface area contributed by atoms with Gasteiger partial charge in [0.2, 0.25) is 5.91 Å². The quantitative estimate of drug-likeness (QED) is 0.871. The van der Waals surface area contributed by atoms with E-state index in [2.05, 4.69) is 5.32 Å². The highest BCUT2D eigenvalue weighted by Crippen LogP contribution is 2.21. The van der Waals surface area contributed by atoms with Crippen molar-refractivity contribution in [3.05, 3.63) is 35.9 Å². The molecule has 0 radical (unpaired) electrons. The lowest BCUT2D eigenvalue weighted by Gasteiger charge is -2.21. The van der Waals surface area contributed by atoms with Gasteiger partial charge in [0, 0.05) is 6.54 Å². The van der Waals surface area contributed by atoms with Crippen molar-refractivity contribution >= 4 is 18.3 Å². The molecule has 22 heavy (non-hydrogen) atoms. The number of nitrogens with one attached hydrogen (secondary N) is 1. The summed E-state index contributed by atoms with van der Waals surface area (Å²) in [6, 6.07) is 9.53. The highest BCUT2D eigenvalue weighted by molar-refractivity contribution is 5.85. The number of rotatable bonds is 5. The summed E-state index contributed by atoms with van der Waals surface area (Å²) in [5.74, 6) is 0.624. The molecule has 0 bridgehead atoms.